The Bertz CT molecular complexity index is 379. The summed E-state index contributed by atoms with van der Waals surface area (Å²) in [4.78, 5) is 7.49. The molecule has 4 heteroatoms. The van der Waals surface area contributed by atoms with Gasteiger partial charge in [0, 0.05) is 23.5 Å². The molecule has 0 atom stereocenters. The first-order valence-corrected chi connectivity index (χ1v) is 4.09. The summed E-state index contributed by atoms with van der Waals surface area (Å²) in [6.07, 6.45) is 3.09. The van der Waals surface area contributed by atoms with Gasteiger partial charge in [-0.25, -0.2) is 9.97 Å². The zero-order valence-corrected chi connectivity index (χ0v) is 7.31. The second kappa shape index (κ2) is 3.41. The van der Waals surface area contributed by atoms with Crippen LogP contribution in [0.1, 0.15) is 0 Å². The highest BCUT2D eigenvalue weighted by Gasteiger charge is 1.98. The van der Waals surface area contributed by atoms with Gasteiger partial charge in [0.2, 0.25) is 5.95 Å². The average molecular weight is 189 g/mol. The van der Waals surface area contributed by atoms with Gasteiger partial charge in [-0.15, -0.1) is 0 Å². The lowest BCUT2D eigenvalue weighted by Gasteiger charge is -2.00. The number of nitrogens with zero attached hydrogens (tertiary/aromatic N) is 2. The van der Waals surface area contributed by atoms with E-state index in [-0.39, 0.29) is 0 Å². The normalized spacial score (nSPS) is 10.1. The van der Waals surface area contributed by atoms with Gasteiger partial charge in [0.25, 0.3) is 0 Å². The van der Waals surface area contributed by atoms with Crippen LogP contribution in [-0.2, 0) is 0 Å². The van der Waals surface area contributed by atoms with E-state index in [1.807, 2.05) is 6.07 Å². The van der Waals surface area contributed by atoms with E-state index >= 15 is 0 Å². The van der Waals surface area contributed by atoms with Crippen LogP contribution in [0, 0.1) is 5.95 Å². The van der Waals surface area contributed by atoms with Gasteiger partial charge in [0.15, 0.2) is 0 Å². The van der Waals surface area contributed by atoms with Crippen molar-refractivity contribution in [1.29, 1.82) is 0 Å². The molecule has 0 bridgehead atoms. The van der Waals surface area contributed by atoms with Crippen LogP contribution in [-0.4, -0.2) is 9.97 Å². The lowest BCUT2D eigenvalue weighted by molar-refractivity contribution is 0.584. The van der Waals surface area contributed by atoms with E-state index in [4.69, 9.17) is 5.73 Å². The van der Waals surface area contributed by atoms with Crippen molar-refractivity contribution in [2.75, 3.05) is 5.73 Å². The fourth-order valence-corrected chi connectivity index (χ4v) is 1.12. The van der Waals surface area contributed by atoms with Gasteiger partial charge in [-0.1, -0.05) is 0 Å². The van der Waals surface area contributed by atoms with Gasteiger partial charge in [-0.2, -0.15) is 4.39 Å². The third-order valence-electron chi connectivity index (χ3n) is 1.85. The smallest absolute Gasteiger partial charge is 0.212 e. The number of hydrogen-bond donors (Lipinski definition) is 1. The zero-order chi connectivity index (χ0) is 9.97. The molecule has 0 amide bonds. The molecule has 2 heterocycles. The maximum absolute atomic E-state index is 12.5. The van der Waals surface area contributed by atoms with Crippen LogP contribution in [0.3, 0.4) is 0 Å². The third kappa shape index (κ3) is 1.69. The Kier molecular flexibility index (Phi) is 2.10. The van der Waals surface area contributed by atoms with E-state index in [0.717, 1.165) is 11.1 Å². The Hall–Kier alpha value is -1.97. The van der Waals surface area contributed by atoms with Crippen molar-refractivity contribution in [3.8, 4) is 11.1 Å². The van der Waals surface area contributed by atoms with Crippen molar-refractivity contribution < 1.29 is 4.39 Å². The highest BCUT2D eigenvalue weighted by Crippen LogP contribution is 2.17. The summed E-state index contributed by atoms with van der Waals surface area (Å²) in [7, 11) is 0. The molecule has 0 unspecified atom stereocenters. The first-order valence-electron chi connectivity index (χ1n) is 4.09. The Balaban J connectivity index is 2.40. The molecule has 0 saturated heterocycles. The van der Waals surface area contributed by atoms with E-state index in [0.29, 0.717) is 5.82 Å². The lowest BCUT2D eigenvalue weighted by atomic mass is 10.1. The van der Waals surface area contributed by atoms with Crippen LogP contribution in [0.15, 0.2) is 36.7 Å². The minimum atomic E-state index is -0.489. The quantitative estimate of drug-likeness (QED) is 0.696. The van der Waals surface area contributed by atoms with Crippen LogP contribution >= 0.6 is 0 Å². The van der Waals surface area contributed by atoms with Crippen LogP contribution in [0.5, 0.6) is 0 Å². The summed E-state index contributed by atoms with van der Waals surface area (Å²) < 4.78 is 12.5. The molecule has 0 aliphatic heterocycles. The molecule has 0 spiro atoms. The van der Waals surface area contributed by atoms with Crippen LogP contribution in [0.25, 0.3) is 11.1 Å². The van der Waals surface area contributed by atoms with Gasteiger partial charge in [-0.3, -0.25) is 0 Å². The maximum Gasteiger partial charge on any atom is 0.212 e. The fourth-order valence-electron chi connectivity index (χ4n) is 1.12. The monoisotopic (exact) mass is 189 g/mol. The molecular weight excluding hydrogens is 181 g/mol. The number of aromatic nitrogens is 2. The summed E-state index contributed by atoms with van der Waals surface area (Å²) in [5.41, 5.74) is 7.13. The molecular formula is C10H8FN3. The summed E-state index contributed by atoms with van der Waals surface area (Å²) >= 11 is 0. The molecule has 0 aromatic carbocycles. The molecule has 3 nitrogen and oxygen atoms in total. The van der Waals surface area contributed by atoms with Gasteiger partial charge >= 0.3 is 0 Å². The first-order chi connectivity index (χ1) is 6.75. The number of anilines is 1. The minimum Gasteiger partial charge on any atom is -0.384 e. The van der Waals surface area contributed by atoms with Crippen molar-refractivity contribution >= 4 is 5.82 Å². The molecule has 2 rings (SSSR count). The Morgan fingerprint density at radius 3 is 2.07 bits per heavy atom. The molecule has 0 aliphatic carbocycles. The summed E-state index contributed by atoms with van der Waals surface area (Å²) in [6, 6.07) is 6.47. The predicted molar refractivity (Wildman–Crippen MR) is 51.8 cm³/mol. The molecule has 0 aliphatic rings. The molecule has 70 valence electrons. The summed E-state index contributed by atoms with van der Waals surface area (Å²) in [5, 5.41) is 0. The summed E-state index contributed by atoms with van der Waals surface area (Å²) in [6.45, 7) is 0. The number of pyridine rings is 2. The van der Waals surface area contributed by atoms with Crippen molar-refractivity contribution in [3.05, 3.63) is 42.6 Å². The molecule has 0 saturated carbocycles. The van der Waals surface area contributed by atoms with E-state index in [2.05, 4.69) is 9.97 Å². The first kappa shape index (κ1) is 8.62. The maximum atomic E-state index is 12.5. The third-order valence-corrected chi connectivity index (χ3v) is 1.85. The second-order valence-corrected chi connectivity index (χ2v) is 2.84. The number of rotatable bonds is 1. The molecule has 2 aromatic heterocycles. The molecule has 2 N–H and O–H groups in total. The van der Waals surface area contributed by atoms with Crippen LogP contribution in [0.4, 0.5) is 10.2 Å². The van der Waals surface area contributed by atoms with Gasteiger partial charge in [-0.05, 0) is 24.3 Å². The highest BCUT2D eigenvalue weighted by molar-refractivity contribution is 5.62. The highest BCUT2D eigenvalue weighted by atomic mass is 19.1. The van der Waals surface area contributed by atoms with Crippen LogP contribution in [0.2, 0.25) is 0 Å². The van der Waals surface area contributed by atoms with Gasteiger partial charge < -0.3 is 5.73 Å². The molecule has 0 radical (unpaired) electrons. The van der Waals surface area contributed by atoms with E-state index in [1.54, 1.807) is 18.3 Å². The number of halogens is 1. The van der Waals surface area contributed by atoms with E-state index in [1.165, 1.54) is 12.3 Å². The topological polar surface area (TPSA) is 51.8 Å². The SMILES string of the molecule is Nc1ccc(-c2ccc(F)nc2)cn1. The molecule has 14 heavy (non-hydrogen) atoms. The Morgan fingerprint density at radius 2 is 1.57 bits per heavy atom. The van der Waals surface area contributed by atoms with Crippen LogP contribution < -0.4 is 5.73 Å². The zero-order valence-electron chi connectivity index (χ0n) is 7.31. The van der Waals surface area contributed by atoms with E-state index in [9.17, 15) is 4.39 Å². The largest absolute Gasteiger partial charge is 0.384 e. The standard InChI is InChI=1S/C10H8FN3/c11-9-3-1-7(5-13-9)8-2-4-10(12)14-6-8/h1-6H,(H2,12,14). The Morgan fingerprint density at radius 1 is 0.929 bits per heavy atom. The van der Waals surface area contributed by atoms with Crippen molar-refractivity contribution in [3.63, 3.8) is 0 Å². The van der Waals surface area contributed by atoms with Crippen molar-refractivity contribution in [2.24, 2.45) is 0 Å². The second-order valence-electron chi connectivity index (χ2n) is 2.84. The van der Waals surface area contributed by atoms with Crippen molar-refractivity contribution in [2.45, 2.75) is 0 Å². The molecule has 2 aromatic rings. The number of nitrogen functional groups attached to an aromatic ring is 1. The number of nitrogens with two attached hydrogens (primary N) is 1. The summed E-state index contributed by atoms with van der Waals surface area (Å²) in [5.74, 6) is -0.0269. The van der Waals surface area contributed by atoms with Crippen molar-refractivity contribution in [1.82, 2.24) is 9.97 Å². The van der Waals surface area contributed by atoms with Gasteiger partial charge in [0.1, 0.15) is 5.82 Å². The fraction of sp³-hybridized carbons (Fsp3) is 0. The van der Waals surface area contributed by atoms with Gasteiger partial charge in [0.05, 0.1) is 0 Å². The number of hydrogen-bond acceptors (Lipinski definition) is 3. The molecule has 0 fully saturated rings. The van der Waals surface area contributed by atoms with E-state index < -0.39 is 5.95 Å². The Labute approximate surface area is 80.4 Å². The lowest BCUT2D eigenvalue weighted by Crippen LogP contribution is -1.89. The predicted octanol–water partition coefficient (Wildman–Crippen LogP) is 1.86. The average Bonchev–Trinajstić information content (AvgIpc) is 2.21. The minimum absolute atomic E-state index is 0.462.